The van der Waals surface area contributed by atoms with E-state index in [4.69, 9.17) is 4.74 Å². The van der Waals surface area contributed by atoms with Crippen molar-refractivity contribution >= 4 is 11.8 Å². The molecule has 0 unspecified atom stereocenters. The Morgan fingerprint density at radius 3 is 2.00 bits per heavy atom. The first-order valence-electron chi connectivity index (χ1n) is 8.03. The van der Waals surface area contributed by atoms with Crippen molar-refractivity contribution in [3.63, 3.8) is 0 Å². The molecular weight excluding hydrogens is 264 g/mol. The Bertz CT molecular complexity index is 381. The first-order valence-corrected chi connectivity index (χ1v) is 8.03. The fourth-order valence-electron chi connectivity index (χ4n) is 2.72. The van der Waals surface area contributed by atoms with Crippen LogP contribution in [0.5, 0.6) is 0 Å². The van der Waals surface area contributed by atoms with Gasteiger partial charge in [-0.05, 0) is 51.5 Å². The fraction of sp³-hybridized carbons (Fsp3) is 0.667. The van der Waals surface area contributed by atoms with Gasteiger partial charge in [0.1, 0.15) is 11.4 Å². The predicted molar refractivity (Wildman–Crippen MR) is 85.0 cm³/mol. The van der Waals surface area contributed by atoms with Crippen LogP contribution in [0.15, 0.2) is 24.8 Å². The molecule has 0 spiro atoms. The molecule has 0 atom stereocenters. The van der Waals surface area contributed by atoms with Gasteiger partial charge in [0, 0.05) is 18.4 Å². The number of esters is 1. The Hall–Kier alpha value is -1.38. The molecule has 2 aliphatic rings. The maximum Gasteiger partial charge on any atom is 0.333 e. The van der Waals surface area contributed by atoms with Gasteiger partial charge in [-0.25, -0.2) is 4.79 Å². The second-order valence-electron chi connectivity index (χ2n) is 6.10. The van der Waals surface area contributed by atoms with Crippen molar-refractivity contribution in [2.45, 2.75) is 76.7 Å². The van der Waals surface area contributed by atoms with Crippen molar-refractivity contribution in [1.29, 1.82) is 0 Å². The molecule has 0 amide bonds. The van der Waals surface area contributed by atoms with Crippen LogP contribution in [-0.4, -0.2) is 17.4 Å². The predicted octanol–water partition coefficient (Wildman–Crippen LogP) is 4.51. The van der Waals surface area contributed by atoms with E-state index in [1.807, 2.05) is 0 Å². The normalized spacial score (nSPS) is 20.7. The average molecular weight is 292 g/mol. The summed E-state index contributed by atoms with van der Waals surface area (Å²) < 4.78 is 5.43. The number of carbonyl (C=O) groups excluding carboxylic acids is 2. The smallest absolute Gasteiger partial charge is 0.333 e. The highest BCUT2D eigenvalue weighted by molar-refractivity contribution is 5.87. The summed E-state index contributed by atoms with van der Waals surface area (Å²) in [6.45, 7) is 9.01. The number of rotatable bonds is 3. The zero-order valence-electron chi connectivity index (χ0n) is 13.3. The molecule has 0 aromatic heterocycles. The highest BCUT2D eigenvalue weighted by Gasteiger charge is 2.32. The average Bonchev–Trinajstić information content (AvgIpc) is 2.49. The van der Waals surface area contributed by atoms with Gasteiger partial charge < -0.3 is 4.74 Å². The van der Waals surface area contributed by atoms with Crippen molar-refractivity contribution in [1.82, 2.24) is 0 Å². The van der Waals surface area contributed by atoms with Gasteiger partial charge in [0.25, 0.3) is 0 Å². The molecule has 0 N–H and O–H groups in total. The summed E-state index contributed by atoms with van der Waals surface area (Å²) in [4.78, 5) is 21.9. The molecule has 2 aliphatic carbocycles. The summed E-state index contributed by atoms with van der Waals surface area (Å²) >= 11 is 0. The van der Waals surface area contributed by atoms with Crippen LogP contribution in [0.2, 0.25) is 0 Å². The number of carbonyl (C=O) groups is 2. The molecule has 0 saturated heterocycles. The van der Waals surface area contributed by atoms with E-state index in [2.05, 4.69) is 13.2 Å². The molecule has 2 fully saturated rings. The highest BCUT2D eigenvalue weighted by Crippen LogP contribution is 2.33. The second-order valence-corrected chi connectivity index (χ2v) is 6.10. The summed E-state index contributed by atoms with van der Waals surface area (Å²) in [5.41, 5.74) is 0.0330. The highest BCUT2D eigenvalue weighted by atomic mass is 16.6. The summed E-state index contributed by atoms with van der Waals surface area (Å²) in [5.74, 6) is 0.165. The standard InChI is InChI=1S/C12H18O2.C6H10O/c1-4-12(8-6-5-7-9-12)14-11(13)10(2)3;7-6-4-2-1-3-5-6/h4H,1-2,5-9H2,3H3;1-5H2. The zero-order chi connectivity index (χ0) is 15.7. The van der Waals surface area contributed by atoms with Crippen molar-refractivity contribution < 1.29 is 14.3 Å². The van der Waals surface area contributed by atoms with Gasteiger partial charge in [0.2, 0.25) is 0 Å². The molecule has 2 saturated carbocycles. The van der Waals surface area contributed by atoms with Gasteiger partial charge >= 0.3 is 5.97 Å². The third-order valence-corrected chi connectivity index (χ3v) is 4.13. The molecule has 3 heteroatoms. The van der Waals surface area contributed by atoms with Crippen LogP contribution >= 0.6 is 0 Å². The van der Waals surface area contributed by atoms with Crippen LogP contribution in [0, 0.1) is 0 Å². The molecule has 0 aromatic rings. The number of ether oxygens (including phenoxy) is 1. The van der Waals surface area contributed by atoms with Crippen molar-refractivity contribution in [2.24, 2.45) is 0 Å². The molecule has 3 nitrogen and oxygen atoms in total. The lowest BCUT2D eigenvalue weighted by atomic mass is 9.85. The largest absolute Gasteiger partial charge is 0.451 e. The lowest BCUT2D eigenvalue weighted by Crippen LogP contribution is -2.35. The van der Waals surface area contributed by atoms with Gasteiger partial charge in [-0.2, -0.15) is 0 Å². The number of Topliss-reactive ketones (excluding diaryl/α,β-unsaturated/α-hetero) is 1. The summed E-state index contributed by atoms with van der Waals surface area (Å²) in [6.07, 6.45) is 12.2. The van der Waals surface area contributed by atoms with E-state index in [0.29, 0.717) is 11.4 Å². The molecule has 2 rings (SSSR count). The first kappa shape index (κ1) is 17.7. The van der Waals surface area contributed by atoms with E-state index in [0.717, 1.165) is 51.4 Å². The molecular formula is C18H28O3. The van der Waals surface area contributed by atoms with E-state index < -0.39 is 5.60 Å². The van der Waals surface area contributed by atoms with E-state index in [1.54, 1.807) is 13.0 Å². The van der Waals surface area contributed by atoms with Gasteiger partial charge in [-0.15, -0.1) is 0 Å². The SMILES string of the molecule is C=CC1(OC(=O)C(=C)C)CCCCC1.O=C1CCCCC1. The Morgan fingerprint density at radius 2 is 1.62 bits per heavy atom. The van der Waals surface area contributed by atoms with Crippen LogP contribution in [-0.2, 0) is 14.3 Å². The lowest BCUT2D eigenvalue weighted by Gasteiger charge is -2.33. The third kappa shape index (κ3) is 6.28. The monoisotopic (exact) mass is 292 g/mol. The van der Waals surface area contributed by atoms with Crippen LogP contribution in [0.3, 0.4) is 0 Å². The maximum atomic E-state index is 11.4. The first-order chi connectivity index (χ1) is 9.99. The molecule has 0 bridgehead atoms. The molecule has 0 heterocycles. The Balaban J connectivity index is 0.000000262. The van der Waals surface area contributed by atoms with Gasteiger partial charge in [0.05, 0.1) is 0 Å². The maximum absolute atomic E-state index is 11.4. The topological polar surface area (TPSA) is 43.4 Å². The van der Waals surface area contributed by atoms with Gasteiger partial charge in [0.15, 0.2) is 0 Å². The Kier molecular flexibility index (Phi) is 7.41. The second kappa shape index (κ2) is 8.81. The van der Waals surface area contributed by atoms with Crippen LogP contribution in [0.25, 0.3) is 0 Å². The molecule has 118 valence electrons. The third-order valence-electron chi connectivity index (χ3n) is 4.13. The number of hydrogen-bond acceptors (Lipinski definition) is 3. The molecule has 0 aromatic carbocycles. The molecule has 0 radical (unpaired) electrons. The summed E-state index contributed by atoms with van der Waals surface area (Å²) in [5, 5.41) is 0. The van der Waals surface area contributed by atoms with E-state index >= 15 is 0 Å². The van der Waals surface area contributed by atoms with Gasteiger partial charge in [-0.3, -0.25) is 4.79 Å². The van der Waals surface area contributed by atoms with Gasteiger partial charge in [-0.1, -0.05) is 26.0 Å². The van der Waals surface area contributed by atoms with E-state index in [-0.39, 0.29) is 5.97 Å². The van der Waals surface area contributed by atoms with Crippen molar-refractivity contribution in [3.8, 4) is 0 Å². The van der Waals surface area contributed by atoms with Crippen LogP contribution in [0.1, 0.15) is 71.1 Å². The van der Waals surface area contributed by atoms with Crippen molar-refractivity contribution in [3.05, 3.63) is 24.8 Å². The number of ketones is 1. The lowest BCUT2D eigenvalue weighted by molar-refractivity contribution is -0.152. The van der Waals surface area contributed by atoms with Crippen molar-refractivity contribution in [2.75, 3.05) is 0 Å². The minimum Gasteiger partial charge on any atom is -0.451 e. The summed E-state index contributed by atoms with van der Waals surface area (Å²) in [7, 11) is 0. The Labute approximate surface area is 128 Å². The van der Waals surface area contributed by atoms with Crippen LogP contribution < -0.4 is 0 Å². The minimum atomic E-state index is -0.422. The quantitative estimate of drug-likeness (QED) is 0.436. The zero-order valence-corrected chi connectivity index (χ0v) is 13.3. The van der Waals surface area contributed by atoms with E-state index in [1.165, 1.54) is 12.8 Å². The molecule has 21 heavy (non-hydrogen) atoms. The minimum absolute atomic E-state index is 0.299. The molecule has 0 aliphatic heterocycles. The Morgan fingerprint density at radius 1 is 1.10 bits per heavy atom. The summed E-state index contributed by atoms with van der Waals surface area (Å²) in [6, 6.07) is 0. The van der Waals surface area contributed by atoms with E-state index in [9.17, 15) is 9.59 Å². The number of hydrogen-bond donors (Lipinski definition) is 0. The fourth-order valence-corrected chi connectivity index (χ4v) is 2.72. The van der Waals surface area contributed by atoms with Crippen LogP contribution in [0.4, 0.5) is 0 Å².